The second-order valence-corrected chi connectivity index (χ2v) is 5.88. The van der Waals surface area contributed by atoms with Crippen LogP contribution in [0.25, 0.3) is 11.4 Å². The van der Waals surface area contributed by atoms with Crippen LogP contribution in [-0.2, 0) is 6.54 Å². The van der Waals surface area contributed by atoms with E-state index in [1.807, 2.05) is 0 Å². The number of likely N-dealkylation sites (tertiary alicyclic amines) is 1. The van der Waals surface area contributed by atoms with Crippen molar-refractivity contribution in [3.8, 4) is 22.9 Å². The quantitative estimate of drug-likeness (QED) is 0.907. The van der Waals surface area contributed by atoms with Gasteiger partial charge in [-0.1, -0.05) is 5.16 Å². The summed E-state index contributed by atoms with van der Waals surface area (Å²) in [6, 6.07) is 4.64. The Morgan fingerprint density at radius 1 is 1.29 bits per heavy atom. The summed E-state index contributed by atoms with van der Waals surface area (Å²) in [4.78, 5) is 5.70. The van der Waals surface area contributed by atoms with Gasteiger partial charge in [0.2, 0.25) is 18.5 Å². The fourth-order valence-electron chi connectivity index (χ4n) is 2.98. The number of fused-ring (bicyclic) bond motifs is 1. The highest BCUT2D eigenvalue weighted by Gasteiger charge is 2.45. The van der Waals surface area contributed by atoms with Gasteiger partial charge in [-0.25, -0.2) is 8.78 Å². The molecule has 128 valence electrons. The highest BCUT2D eigenvalue weighted by Crippen LogP contribution is 2.36. The van der Waals surface area contributed by atoms with Crippen molar-refractivity contribution in [1.29, 1.82) is 0 Å². The predicted octanol–water partition coefficient (Wildman–Crippen LogP) is 1.67. The number of aliphatic hydroxyl groups excluding tert-OH is 1. The number of ether oxygens (including phenoxy) is 2. The van der Waals surface area contributed by atoms with Gasteiger partial charge in [0.05, 0.1) is 19.7 Å². The molecule has 3 heterocycles. The molecular weight excluding hydrogens is 324 g/mol. The van der Waals surface area contributed by atoms with Crippen LogP contribution in [0, 0.1) is 0 Å². The maximum absolute atomic E-state index is 13.5. The first-order valence-corrected chi connectivity index (χ1v) is 7.49. The van der Waals surface area contributed by atoms with Gasteiger partial charge in [-0.05, 0) is 18.2 Å². The van der Waals surface area contributed by atoms with Gasteiger partial charge in [0, 0.05) is 18.0 Å². The van der Waals surface area contributed by atoms with E-state index in [9.17, 15) is 13.9 Å². The molecule has 0 amide bonds. The summed E-state index contributed by atoms with van der Waals surface area (Å²) in [5.41, 5.74) is 0.680. The summed E-state index contributed by atoms with van der Waals surface area (Å²) < 4.78 is 42.7. The Balaban J connectivity index is 1.51. The number of halogens is 2. The lowest BCUT2D eigenvalue weighted by molar-refractivity contribution is 0.0104. The van der Waals surface area contributed by atoms with Crippen LogP contribution in [0.5, 0.6) is 11.5 Å². The molecular formula is C15H15F2N3O4. The highest BCUT2D eigenvalue weighted by molar-refractivity contribution is 5.61. The molecule has 0 saturated carbocycles. The normalized spacial score (nSPS) is 22.2. The molecule has 7 nitrogen and oxygen atoms in total. The molecule has 2 aliphatic heterocycles. The summed E-state index contributed by atoms with van der Waals surface area (Å²) in [5, 5.41) is 13.1. The fourth-order valence-corrected chi connectivity index (χ4v) is 2.98. The lowest BCUT2D eigenvalue weighted by Crippen LogP contribution is -2.32. The molecule has 0 aliphatic carbocycles. The van der Waals surface area contributed by atoms with Crippen LogP contribution >= 0.6 is 0 Å². The minimum Gasteiger partial charge on any atom is -0.454 e. The van der Waals surface area contributed by atoms with Crippen molar-refractivity contribution in [3.05, 3.63) is 24.1 Å². The zero-order chi connectivity index (χ0) is 16.7. The first-order valence-electron chi connectivity index (χ1n) is 7.49. The molecule has 1 atom stereocenters. The van der Waals surface area contributed by atoms with E-state index in [1.165, 1.54) is 4.90 Å². The Morgan fingerprint density at radius 3 is 2.96 bits per heavy atom. The van der Waals surface area contributed by atoms with Crippen molar-refractivity contribution in [2.24, 2.45) is 0 Å². The van der Waals surface area contributed by atoms with Crippen LogP contribution in [0.2, 0.25) is 0 Å². The number of benzene rings is 1. The molecule has 1 N–H and O–H groups in total. The number of aromatic nitrogens is 2. The van der Waals surface area contributed by atoms with Gasteiger partial charge in [0.25, 0.3) is 5.92 Å². The molecule has 1 aromatic carbocycles. The van der Waals surface area contributed by atoms with E-state index < -0.39 is 18.5 Å². The van der Waals surface area contributed by atoms with Crippen LogP contribution in [0.1, 0.15) is 12.3 Å². The lowest BCUT2D eigenvalue weighted by Gasteiger charge is -2.19. The highest BCUT2D eigenvalue weighted by atomic mass is 19.3. The smallest absolute Gasteiger partial charge is 0.262 e. The zero-order valence-electron chi connectivity index (χ0n) is 12.6. The second-order valence-electron chi connectivity index (χ2n) is 5.88. The zero-order valence-corrected chi connectivity index (χ0v) is 12.6. The molecule has 0 radical (unpaired) electrons. The Morgan fingerprint density at radius 2 is 2.12 bits per heavy atom. The Kier molecular flexibility index (Phi) is 3.61. The van der Waals surface area contributed by atoms with Crippen molar-refractivity contribution < 1.29 is 27.9 Å². The minimum absolute atomic E-state index is 0.0678. The molecule has 0 spiro atoms. The van der Waals surface area contributed by atoms with E-state index in [1.54, 1.807) is 18.2 Å². The standard InChI is InChI=1S/C15H15F2N3O4/c16-15(17)4-10(6-21)20(7-15)5-13-18-14(19-24-13)9-1-2-11-12(3-9)23-8-22-11/h1-3,10,21H,4-8H2. The first kappa shape index (κ1) is 15.3. The van der Waals surface area contributed by atoms with Crippen molar-refractivity contribution in [2.75, 3.05) is 19.9 Å². The first-order chi connectivity index (χ1) is 11.5. The monoisotopic (exact) mass is 339 g/mol. The maximum Gasteiger partial charge on any atom is 0.262 e. The molecule has 9 heteroatoms. The molecule has 24 heavy (non-hydrogen) atoms. The van der Waals surface area contributed by atoms with Gasteiger partial charge in [-0.3, -0.25) is 4.90 Å². The lowest BCUT2D eigenvalue weighted by atomic mass is 10.2. The average Bonchev–Trinajstić information content (AvgIpc) is 3.25. The van der Waals surface area contributed by atoms with Crippen LogP contribution < -0.4 is 9.47 Å². The fraction of sp³-hybridized carbons (Fsp3) is 0.467. The van der Waals surface area contributed by atoms with E-state index in [2.05, 4.69) is 10.1 Å². The Bertz CT molecular complexity index is 752. The number of rotatable bonds is 4. The summed E-state index contributed by atoms with van der Waals surface area (Å²) >= 11 is 0. The molecule has 1 saturated heterocycles. The molecule has 1 unspecified atom stereocenters. The number of hydrogen-bond donors (Lipinski definition) is 1. The molecule has 2 aromatic rings. The van der Waals surface area contributed by atoms with E-state index in [-0.39, 0.29) is 32.3 Å². The van der Waals surface area contributed by atoms with Crippen LogP contribution in [0.3, 0.4) is 0 Å². The van der Waals surface area contributed by atoms with Gasteiger partial charge in [0.1, 0.15) is 0 Å². The van der Waals surface area contributed by atoms with Crippen LogP contribution in [0.15, 0.2) is 22.7 Å². The van der Waals surface area contributed by atoms with E-state index in [0.29, 0.717) is 22.9 Å². The summed E-state index contributed by atoms with van der Waals surface area (Å²) in [5.74, 6) is -1.01. The Labute approximate surface area is 135 Å². The van der Waals surface area contributed by atoms with Gasteiger partial charge in [0.15, 0.2) is 11.5 Å². The molecule has 1 fully saturated rings. The van der Waals surface area contributed by atoms with Gasteiger partial charge < -0.3 is 19.1 Å². The molecule has 1 aromatic heterocycles. The topological polar surface area (TPSA) is 80.9 Å². The third-order valence-corrected chi connectivity index (χ3v) is 4.13. The minimum atomic E-state index is -2.81. The number of nitrogens with zero attached hydrogens (tertiary/aromatic N) is 3. The SMILES string of the molecule is OCC1CC(F)(F)CN1Cc1nc(-c2ccc3c(c2)OCO3)no1. The van der Waals surface area contributed by atoms with E-state index >= 15 is 0 Å². The maximum atomic E-state index is 13.5. The van der Waals surface area contributed by atoms with Crippen molar-refractivity contribution in [3.63, 3.8) is 0 Å². The largest absolute Gasteiger partial charge is 0.454 e. The van der Waals surface area contributed by atoms with E-state index in [0.717, 1.165) is 0 Å². The Hall–Kier alpha value is -2.26. The van der Waals surface area contributed by atoms with E-state index in [4.69, 9.17) is 14.0 Å². The predicted molar refractivity (Wildman–Crippen MR) is 76.7 cm³/mol. The number of hydrogen-bond acceptors (Lipinski definition) is 7. The van der Waals surface area contributed by atoms with Crippen LogP contribution in [0.4, 0.5) is 8.78 Å². The van der Waals surface area contributed by atoms with Gasteiger partial charge in [-0.15, -0.1) is 0 Å². The van der Waals surface area contributed by atoms with Crippen LogP contribution in [-0.4, -0.2) is 52.1 Å². The van der Waals surface area contributed by atoms with Gasteiger partial charge in [-0.2, -0.15) is 4.98 Å². The number of alkyl halides is 2. The third kappa shape index (κ3) is 2.80. The van der Waals surface area contributed by atoms with Crippen molar-refractivity contribution in [2.45, 2.75) is 24.9 Å². The summed E-state index contributed by atoms with van der Waals surface area (Å²) in [7, 11) is 0. The number of aliphatic hydroxyl groups is 1. The van der Waals surface area contributed by atoms with Gasteiger partial charge >= 0.3 is 0 Å². The second kappa shape index (κ2) is 5.67. The molecule has 4 rings (SSSR count). The summed E-state index contributed by atoms with van der Waals surface area (Å²) in [6.45, 7) is -0.529. The van der Waals surface area contributed by atoms with Crippen molar-refractivity contribution in [1.82, 2.24) is 15.0 Å². The molecule has 0 bridgehead atoms. The summed E-state index contributed by atoms with van der Waals surface area (Å²) in [6.07, 6.45) is -0.368. The molecule has 2 aliphatic rings. The average molecular weight is 339 g/mol. The van der Waals surface area contributed by atoms with Crippen molar-refractivity contribution >= 4 is 0 Å². The third-order valence-electron chi connectivity index (χ3n) is 4.13.